The minimum absolute atomic E-state index is 0.759. The molecule has 1 aliphatic rings. The molecule has 160 valence electrons. The third-order valence-electron chi connectivity index (χ3n) is 6.12. The maximum atomic E-state index is 6.03. The molecule has 0 unspecified atom stereocenters. The Bertz CT molecular complexity index is 955. The van der Waals surface area contributed by atoms with Crippen LogP contribution in [0.25, 0.3) is 5.57 Å². The summed E-state index contributed by atoms with van der Waals surface area (Å²) in [6.45, 7) is 6.48. The van der Waals surface area contributed by atoms with E-state index < -0.39 is 0 Å². The Morgan fingerprint density at radius 2 is 1.39 bits per heavy atom. The molecule has 31 heavy (non-hydrogen) atoms. The molecule has 1 aliphatic heterocycles. The van der Waals surface area contributed by atoms with Crippen LogP contribution in [-0.2, 0) is 6.42 Å². The van der Waals surface area contributed by atoms with Crippen molar-refractivity contribution < 1.29 is 4.74 Å². The fourth-order valence-electron chi connectivity index (χ4n) is 4.43. The van der Waals surface area contributed by atoms with Crippen molar-refractivity contribution in [2.24, 2.45) is 0 Å². The van der Waals surface area contributed by atoms with Gasteiger partial charge in [0.25, 0.3) is 0 Å². The van der Waals surface area contributed by atoms with Crippen LogP contribution in [-0.4, -0.2) is 31.1 Å². The Morgan fingerprint density at radius 1 is 0.774 bits per heavy atom. The van der Waals surface area contributed by atoms with Crippen molar-refractivity contribution in [1.82, 2.24) is 4.90 Å². The lowest BCUT2D eigenvalue weighted by molar-refractivity contribution is 0.238. The molecule has 1 saturated heterocycles. The molecule has 0 bridgehead atoms. The number of benzene rings is 3. The normalized spacial score (nSPS) is 15.0. The van der Waals surface area contributed by atoms with E-state index in [4.69, 9.17) is 4.74 Å². The number of likely N-dealkylation sites (tertiary alicyclic amines) is 1. The second-order valence-electron chi connectivity index (χ2n) is 8.28. The van der Waals surface area contributed by atoms with Crippen molar-refractivity contribution in [3.05, 3.63) is 107 Å². The standard InChI is InChI=1S/C29H33NO/c1-2-25(23-24-11-5-3-6-12-24)29(26-13-7-4-8-14-26)27-15-17-28(18-16-27)31-22-21-30-19-9-10-20-30/h3-8,11-18H,2,9-10,19-23H2,1H3. The largest absolute Gasteiger partial charge is 0.492 e. The average molecular weight is 412 g/mol. The van der Waals surface area contributed by atoms with Crippen molar-refractivity contribution in [3.8, 4) is 5.75 Å². The van der Waals surface area contributed by atoms with Gasteiger partial charge in [-0.15, -0.1) is 0 Å². The fourth-order valence-corrected chi connectivity index (χ4v) is 4.43. The van der Waals surface area contributed by atoms with Gasteiger partial charge in [-0.05, 0) is 73.2 Å². The molecule has 3 aromatic carbocycles. The Balaban J connectivity index is 1.56. The van der Waals surface area contributed by atoms with Crippen LogP contribution in [0, 0.1) is 0 Å². The lowest BCUT2D eigenvalue weighted by Crippen LogP contribution is -2.25. The summed E-state index contributed by atoms with van der Waals surface area (Å²) >= 11 is 0. The first kappa shape index (κ1) is 21.4. The van der Waals surface area contributed by atoms with Gasteiger partial charge in [-0.3, -0.25) is 4.90 Å². The first-order chi connectivity index (χ1) is 15.3. The van der Waals surface area contributed by atoms with Gasteiger partial charge in [-0.2, -0.15) is 0 Å². The minimum atomic E-state index is 0.759. The highest BCUT2D eigenvalue weighted by molar-refractivity contribution is 5.82. The van der Waals surface area contributed by atoms with Gasteiger partial charge in [0.1, 0.15) is 12.4 Å². The molecule has 2 heteroatoms. The van der Waals surface area contributed by atoms with Crippen molar-refractivity contribution in [3.63, 3.8) is 0 Å². The molecule has 1 fully saturated rings. The molecule has 1 heterocycles. The van der Waals surface area contributed by atoms with E-state index in [0.29, 0.717) is 0 Å². The Hall–Kier alpha value is -2.84. The molecule has 0 aliphatic carbocycles. The summed E-state index contributed by atoms with van der Waals surface area (Å²) in [6, 6.07) is 30.2. The van der Waals surface area contributed by atoms with E-state index in [-0.39, 0.29) is 0 Å². The highest BCUT2D eigenvalue weighted by atomic mass is 16.5. The molecule has 0 saturated carbocycles. The van der Waals surface area contributed by atoms with Crippen molar-refractivity contribution in [1.29, 1.82) is 0 Å². The summed E-state index contributed by atoms with van der Waals surface area (Å²) < 4.78 is 6.03. The quantitative estimate of drug-likeness (QED) is 0.392. The SMILES string of the molecule is CCC(Cc1ccccc1)=C(c1ccccc1)c1ccc(OCCN2CCCC2)cc1. The minimum Gasteiger partial charge on any atom is -0.492 e. The van der Waals surface area contributed by atoms with E-state index in [1.165, 1.54) is 53.8 Å². The zero-order valence-electron chi connectivity index (χ0n) is 18.6. The Labute approximate surface area is 187 Å². The zero-order valence-corrected chi connectivity index (χ0v) is 18.6. The van der Waals surface area contributed by atoms with Gasteiger partial charge < -0.3 is 4.74 Å². The van der Waals surface area contributed by atoms with Gasteiger partial charge in [-0.1, -0.05) is 85.3 Å². The van der Waals surface area contributed by atoms with Crippen molar-refractivity contribution in [2.75, 3.05) is 26.2 Å². The number of hydrogen-bond donors (Lipinski definition) is 0. The summed E-state index contributed by atoms with van der Waals surface area (Å²) in [7, 11) is 0. The summed E-state index contributed by atoms with van der Waals surface area (Å²) in [5.74, 6) is 0.955. The molecular formula is C29H33NO. The van der Waals surface area contributed by atoms with Gasteiger partial charge in [-0.25, -0.2) is 0 Å². The number of rotatable bonds is 9. The van der Waals surface area contributed by atoms with Crippen LogP contribution < -0.4 is 4.74 Å². The average Bonchev–Trinajstić information content (AvgIpc) is 3.34. The fraction of sp³-hybridized carbons (Fsp3) is 0.310. The molecule has 0 aromatic heterocycles. The third-order valence-corrected chi connectivity index (χ3v) is 6.12. The Kier molecular flexibility index (Phi) is 7.57. The first-order valence-corrected chi connectivity index (χ1v) is 11.6. The smallest absolute Gasteiger partial charge is 0.119 e. The van der Waals surface area contributed by atoms with Crippen LogP contribution in [0.2, 0.25) is 0 Å². The van der Waals surface area contributed by atoms with E-state index in [1.807, 2.05) is 0 Å². The molecule has 0 radical (unpaired) electrons. The summed E-state index contributed by atoms with van der Waals surface area (Å²) in [6.07, 6.45) is 4.64. The van der Waals surface area contributed by atoms with Crippen molar-refractivity contribution >= 4 is 5.57 Å². The van der Waals surface area contributed by atoms with Gasteiger partial charge in [0.05, 0.1) is 0 Å². The van der Waals surface area contributed by atoms with E-state index in [0.717, 1.165) is 31.7 Å². The van der Waals surface area contributed by atoms with E-state index in [9.17, 15) is 0 Å². The Morgan fingerprint density at radius 3 is 2.03 bits per heavy atom. The van der Waals surface area contributed by atoms with Gasteiger partial charge in [0.2, 0.25) is 0 Å². The molecule has 4 rings (SSSR count). The van der Waals surface area contributed by atoms with Crippen LogP contribution in [0.15, 0.2) is 90.5 Å². The molecule has 3 aromatic rings. The maximum Gasteiger partial charge on any atom is 0.119 e. The highest BCUT2D eigenvalue weighted by Crippen LogP contribution is 2.31. The topological polar surface area (TPSA) is 12.5 Å². The number of nitrogens with zero attached hydrogens (tertiary/aromatic N) is 1. The second-order valence-corrected chi connectivity index (χ2v) is 8.28. The van der Waals surface area contributed by atoms with E-state index in [2.05, 4.69) is 96.8 Å². The van der Waals surface area contributed by atoms with E-state index >= 15 is 0 Å². The van der Waals surface area contributed by atoms with E-state index in [1.54, 1.807) is 0 Å². The number of ether oxygens (including phenoxy) is 1. The van der Waals surface area contributed by atoms with Crippen LogP contribution in [0.3, 0.4) is 0 Å². The van der Waals surface area contributed by atoms with Gasteiger partial charge >= 0.3 is 0 Å². The van der Waals surface area contributed by atoms with Crippen LogP contribution in [0.4, 0.5) is 0 Å². The molecular weight excluding hydrogens is 378 g/mol. The number of allylic oxidation sites excluding steroid dienone is 1. The monoisotopic (exact) mass is 411 g/mol. The lowest BCUT2D eigenvalue weighted by atomic mass is 9.88. The third kappa shape index (κ3) is 5.86. The van der Waals surface area contributed by atoms with Crippen molar-refractivity contribution in [2.45, 2.75) is 32.6 Å². The molecule has 0 N–H and O–H groups in total. The van der Waals surface area contributed by atoms with Gasteiger partial charge in [0, 0.05) is 6.54 Å². The predicted octanol–water partition coefficient (Wildman–Crippen LogP) is 6.62. The van der Waals surface area contributed by atoms with Crippen LogP contribution in [0.5, 0.6) is 5.75 Å². The summed E-state index contributed by atoms with van der Waals surface area (Å²) in [5.41, 5.74) is 6.69. The highest BCUT2D eigenvalue weighted by Gasteiger charge is 2.13. The predicted molar refractivity (Wildman–Crippen MR) is 131 cm³/mol. The molecule has 0 atom stereocenters. The maximum absolute atomic E-state index is 6.03. The molecule has 0 spiro atoms. The lowest BCUT2D eigenvalue weighted by Gasteiger charge is -2.17. The van der Waals surface area contributed by atoms with Crippen LogP contribution >= 0.6 is 0 Å². The van der Waals surface area contributed by atoms with Gasteiger partial charge in [0.15, 0.2) is 0 Å². The zero-order chi connectivity index (χ0) is 21.3. The summed E-state index contributed by atoms with van der Waals surface area (Å²) in [4.78, 5) is 2.49. The number of hydrogen-bond acceptors (Lipinski definition) is 2. The second kappa shape index (κ2) is 11.0. The van der Waals surface area contributed by atoms with Crippen LogP contribution in [0.1, 0.15) is 42.9 Å². The molecule has 2 nitrogen and oxygen atoms in total. The molecule has 0 amide bonds. The first-order valence-electron chi connectivity index (χ1n) is 11.6. The summed E-state index contributed by atoms with van der Waals surface area (Å²) in [5, 5.41) is 0.